The van der Waals surface area contributed by atoms with E-state index in [2.05, 4.69) is 17.2 Å². The number of rotatable bonds is 8. The minimum absolute atomic E-state index is 0.00472. The molecule has 12 nitrogen and oxygen atoms in total. The maximum atomic E-state index is 14.7. The van der Waals surface area contributed by atoms with Crippen LogP contribution in [0.3, 0.4) is 0 Å². The summed E-state index contributed by atoms with van der Waals surface area (Å²) in [5, 5.41) is 27.2. The molecule has 2 saturated carbocycles. The van der Waals surface area contributed by atoms with E-state index in [1.165, 1.54) is 32.3 Å². The van der Waals surface area contributed by atoms with Gasteiger partial charge in [0.1, 0.15) is 24.1 Å². The van der Waals surface area contributed by atoms with Gasteiger partial charge in [-0.05, 0) is 70.1 Å². The fourth-order valence-electron chi connectivity index (χ4n) is 10.2. The van der Waals surface area contributed by atoms with E-state index in [1.807, 2.05) is 46.7 Å². The lowest BCUT2D eigenvalue weighted by molar-refractivity contribution is -0.337. The molecule has 3 heterocycles. The lowest BCUT2D eigenvalue weighted by Gasteiger charge is -2.68. The number of aliphatic hydroxyl groups is 2. The van der Waals surface area contributed by atoms with E-state index in [9.17, 15) is 24.2 Å². The lowest BCUT2D eigenvalue weighted by atomic mass is 9.43. The molecular weight excluding hydrogens is 637 g/mol. The second-order valence-electron chi connectivity index (χ2n) is 15.8. The highest BCUT2D eigenvalue weighted by Crippen LogP contribution is 2.67. The summed E-state index contributed by atoms with van der Waals surface area (Å²) in [4.78, 5) is 32.5. The number of hydrogen-bond acceptors (Lipinski definition) is 12. The number of fused-ring (bicyclic) bond motifs is 8. The van der Waals surface area contributed by atoms with Crippen LogP contribution in [0.5, 0.6) is 0 Å². The highest BCUT2D eigenvalue weighted by Gasteiger charge is 2.75. The average Bonchev–Trinajstić information content (AvgIpc) is 3.41. The highest BCUT2D eigenvalue weighted by molar-refractivity contribution is 5.76. The first kappa shape index (κ1) is 36.3. The van der Waals surface area contributed by atoms with Gasteiger partial charge in [0.05, 0.1) is 30.0 Å². The van der Waals surface area contributed by atoms with Crippen molar-refractivity contribution in [2.24, 2.45) is 22.7 Å². The molecule has 2 saturated heterocycles. The van der Waals surface area contributed by atoms with Gasteiger partial charge in [0.15, 0.2) is 18.0 Å². The summed E-state index contributed by atoms with van der Waals surface area (Å²) in [5.74, 6) is -3.02. The van der Waals surface area contributed by atoms with Crippen molar-refractivity contribution in [1.29, 1.82) is 0 Å². The normalized spacial score (nSPS) is 40.6. The number of nitrogens with zero attached hydrogens (tertiary/aromatic N) is 2. The molecule has 4 fully saturated rings. The number of carbonyl (C=O) groups excluding carboxylic acids is 2. The molecule has 3 aliphatic carbocycles. The van der Waals surface area contributed by atoms with Crippen molar-refractivity contribution in [2.75, 3.05) is 34.3 Å². The minimum Gasteiger partial charge on any atom is -0.456 e. The average molecular weight is 690 g/mol. The Morgan fingerprint density at radius 1 is 1.24 bits per heavy atom. The Bertz CT molecular complexity index is 1510. The van der Waals surface area contributed by atoms with Gasteiger partial charge in [-0.1, -0.05) is 27.7 Å². The van der Waals surface area contributed by atoms with Crippen LogP contribution in [0.25, 0.3) is 0 Å². The number of halogens is 1. The third-order valence-electron chi connectivity index (χ3n) is 12.5. The summed E-state index contributed by atoms with van der Waals surface area (Å²) >= 11 is 0. The van der Waals surface area contributed by atoms with Gasteiger partial charge in [-0.25, -0.2) is 9.18 Å². The molecule has 49 heavy (non-hydrogen) atoms. The van der Waals surface area contributed by atoms with Crippen LogP contribution in [0.4, 0.5) is 4.39 Å². The second-order valence-corrected chi connectivity index (χ2v) is 15.8. The highest BCUT2D eigenvalue weighted by atomic mass is 19.1. The van der Waals surface area contributed by atoms with Crippen molar-refractivity contribution in [3.8, 4) is 0 Å². The molecule has 272 valence electrons. The van der Waals surface area contributed by atoms with Crippen LogP contribution in [0, 0.1) is 28.5 Å². The fourth-order valence-corrected chi connectivity index (χ4v) is 10.2. The number of aliphatic hydroxyl groups excluding tert-OH is 1. The molecule has 5 aliphatic rings. The van der Waals surface area contributed by atoms with Gasteiger partial charge in [-0.3, -0.25) is 9.78 Å². The van der Waals surface area contributed by atoms with E-state index in [1.54, 1.807) is 0 Å². The molecule has 0 aromatic carbocycles. The van der Waals surface area contributed by atoms with Gasteiger partial charge in [-0.15, -0.1) is 0 Å². The molecule has 1 aromatic heterocycles. The molecule has 6 rings (SSSR count). The predicted molar refractivity (Wildman–Crippen MR) is 174 cm³/mol. The predicted octanol–water partition coefficient (Wildman–Crippen LogP) is 2.67. The molecule has 2 bridgehead atoms. The Labute approximate surface area is 287 Å². The molecule has 1 aromatic rings. The summed E-state index contributed by atoms with van der Waals surface area (Å²) in [6, 6.07) is 1.45. The van der Waals surface area contributed by atoms with Crippen molar-refractivity contribution in [3.05, 3.63) is 41.0 Å². The Kier molecular flexibility index (Phi) is 9.33. The maximum absolute atomic E-state index is 14.7. The van der Waals surface area contributed by atoms with Gasteiger partial charge in [0.25, 0.3) is 0 Å². The van der Waals surface area contributed by atoms with Crippen LogP contribution in [0.2, 0.25) is 0 Å². The summed E-state index contributed by atoms with van der Waals surface area (Å²) in [6.07, 6.45) is -2.08. The van der Waals surface area contributed by atoms with Crippen molar-refractivity contribution in [3.63, 3.8) is 0 Å². The third kappa shape index (κ3) is 5.46. The first-order chi connectivity index (χ1) is 22.9. The Morgan fingerprint density at radius 3 is 2.55 bits per heavy atom. The molecule has 0 spiro atoms. The zero-order chi connectivity index (χ0) is 35.8. The largest absolute Gasteiger partial charge is 0.456 e. The molecule has 2 aliphatic heterocycles. The fraction of sp³-hybridized carbons (Fsp3) is 0.750. The van der Waals surface area contributed by atoms with E-state index < -0.39 is 88.4 Å². The monoisotopic (exact) mass is 689 g/mol. The molecule has 3 N–H and O–H groups in total. The van der Waals surface area contributed by atoms with E-state index in [0.717, 1.165) is 5.57 Å². The number of ether oxygens (including phenoxy) is 5. The number of hydrogen-bond donors (Lipinski definition) is 3. The summed E-state index contributed by atoms with van der Waals surface area (Å²) in [7, 11) is 5.37. The van der Waals surface area contributed by atoms with Gasteiger partial charge < -0.3 is 44.1 Å². The van der Waals surface area contributed by atoms with Gasteiger partial charge in [0.2, 0.25) is 0 Å². The summed E-state index contributed by atoms with van der Waals surface area (Å²) in [5.41, 5.74) is -2.68. The third-order valence-corrected chi connectivity index (χ3v) is 12.5. The van der Waals surface area contributed by atoms with E-state index in [0.29, 0.717) is 25.0 Å². The van der Waals surface area contributed by atoms with Crippen LogP contribution in [0.1, 0.15) is 72.5 Å². The summed E-state index contributed by atoms with van der Waals surface area (Å²) in [6.45, 7) is 12.1. The SMILES string of the molecule is CN[C@@H](c1ncccc1F)[C@@H](O)C(=O)O[C@H]1C[C@@]2(O)[C@@H](C)[C@H]3[C@@](C)(CC[C@H]4OC[C@]43OC(C)=O)[C@@H]3O[C@H](CN(C)C)O[C@@H]3C(=C1C)C2(C)C. The van der Waals surface area contributed by atoms with Gasteiger partial charge in [-0.2, -0.15) is 0 Å². The number of aromatic nitrogens is 1. The Hall–Kier alpha value is -2.52. The first-order valence-corrected chi connectivity index (χ1v) is 17.3. The molecule has 13 heteroatoms. The van der Waals surface area contributed by atoms with Crippen molar-refractivity contribution in [1.82, 2.24) is 15.2 Å². The van der Waals surface area contributed by atoms with Crippen molar-refractivity contribution >= 4 is 11.9 Å². The molecule has 0 radical (unpaired) electrons. The Balaban J connectivity index is 1.46. The van der Waals surface area contributed by atoms with E-state index in [-0.39, 0.29) is 24.8 Å². The van der Waals surface area contributed by atoms with Gasteiger partial charge in [0, 0.05) is 42.8 Å². The number of nitrogens with one attached hydrogen (secondary N) is 1. The van der Waals surface area contributed by atoms with E-state index in [4.69, 9.17) is 23.7 Å². The quantitative estimate of drug-likeness (QED) is 0.272. The second kappa shape index (κ2) is 12.6. The van der Waals surface area contributed by atoms with Crippen molar-refractivity contribution in [2.45, 2.75) is 115 Å². The van der Waals surface area contributed by atoms with Crippen molar-refractivity contribution < 1.29 is 47.9 Å². The number of likely N-dealkylation sites (N-methyl/N-ethyl adjacent to an activating group) is 2. The van der Waals surface area contributed by atoms with Gasteiger partial charge >= 0.3 is 11.9 Å². The molecular formula is C36H52FN3O9. The minimum atomic E-state index is -1.80. The number of carbonyl (C=O) groups is 2. The Morgan fingerprint density at radius 2 is 1.96 bits per heavy atom. The number of pyridine rings is 1. The molecule has 12 atom stereocenters. The van der Waals surface area contributed by atoms with Crippen LogP contribution in [-0.2, 0) is 33.3 Å². The topological polar surface area (TPSA) is 149 Å². The molecule has 0 unspecified atom stereocenters. The van der Waals surface area contributed by atoms with Crippen LogP contribution >= 0.6 is 0 Å². The van der Waals surface area contributed by atoms with Crippen LogP contribution in [0.15, 0.2) is 29.5 Å². The first-order valence-electron chi connectivity index (χ1n) is 17.3. The smallest absolute Gasteiger partial charge is 0.337 e. The molecule has 0 amide bonds. The summed E-state index contributed by atoms with van der Waals surface area (Å²) < 4.78 is 46.7. The lowest BCUT2D eigenvalue weighted by Crippen LogP contribution is -2.77. The maximum Gasteiger partial charge on any atom is 0.337 e. The zero-order valence-corrected chi connectivity index (χ0v) is 30.0. The number of esters is 2. The zero-order valence-electron chi connectivity index (χ0n) is 30.0. The van der Waals surface area contributed by atoms with Crippen LogP contribution < -0.4 is 5.32 Å². The standard InChI is InChI=1S/C36H52FN3O9/c1-18-22(46-32(43)28(42)27(38-7)26-21(37)11-10-14-39-26)15-36(44)19(2)30-34(6,13-12-23-35(30,17-45-23)49-20(3)41)31-29(25(18)33(36,4)5)47-24(48-31)16-40(8)9/h10-11,14,19,22-24,27-31,38,42,44H,12-13,15-17H2,1-9H3/t19-,22-,23+,24+,27-,28+,29+,30-,31+,34+,35-,36+/m0/s1. The van der Waals surface area contributed by atoms with E-state index >= 15 is 0 Å². The van der Waals surface area contributed by atoms with Crippen LogP contribution in [-0.4, -0.2) is 114 Å².